The van der Waals surface area contributed by atoms with Crippen LogP contribution >= 0.6 is 0 Å². The smallest absolute Gasteiger partial charge is 0.253 e. The van der Waals surface area contributed by atoms with Crippen molar-refractivity contribution in [1.29, 1.82) is 0 Å². The van der Waals surface area contributed by atoms with Gasteiger partial charge in [-0.15, -0.1) is 0 Å². The van der Waals surface area contributed by atoms with Crippen molar-refractivity contribution in [2.45, 2.75) is 19.4 Å². The lowest BCUT2D eigenvalue weighted by Crippen LogP contribution is -2.26. The molecule has 1 amide bonds. The third kappa shape index (κ3) is 2.26. The maximum Gasteiger partial charge on any atom is 0.253 e. The normalized spacial score (nSPS) is 23.3. The first-order valence-corrected chi connectivity index (χ1v) is 5.15. The van der Waals surface area contributed by atoms with E-state index in [1.807, 2.05) is 0 Å². The Morgan fingerprint density at radius 3 is 2.73 bits per heavy atom. The Hall–Kier alpha value is -1.58. The summed E-state index contributed by atoms with van der Waals surface area (Å²) in [6.45, 7) is 2.13. The summed E-state index contributed by atoms with van der Waals surface area (Å²) in [6.07, 6.45) is 2.68. The summed E-state index contributed by atoms with van der Waals surface area (Å²) in [5.74, 6) is 1.37. The number of amides is 1. The minimum absolute atomic E-state index is 0.0282. The van der Waals surface area contributed by atoms with Crippen molar-refractivity contribution in [2.24, 2.45) is 5.92 Å². The Labute approximate surface area is 89.1 Å². The van der Waals surface area contributed by atoms with Gasteiger partial charge in [-0.25, -0.2) is 4.98 Å². The van der Waals surface area contributed by atoms with Gasteiger partial charge in [-0.2, -0.15) is 0 Å². The zero-order valence-electron chi connectivity index (χ0n) is 8.95. The molecule has 1 saturated carbocycles. The van der Waals surface area contributed by atoms with E-state index in [9.17, 15) is 4.79 Å². The average Bonchev–Trinajstić information content (AvgIpc) is 2.94. The fraction of sp³-hybridized carbons (Fsp3) is 0.455. The van der Waals surface area contributed by atoms with Gasteiger partial charge in [-0.1, -0.05) is 6.92 Å². The molecule has 0 spiro atoms. The van der Waals surface area contributed by atoms with Crippen LogP contribution in [0.15, 0.2) is 18.3 Å². The molecule has 0 aliphatic heterocycles. The third-order valence-electron chi connectivity index (χ3n) is 2.71. The summed E-state index contributed by atoms with van der Waals surface area (Å²) in [5, 5.41) is 5.87. The second-order valence-electron chi connectivity index (χ2n) is 3.98. The molecule has 4 nitrogen and oxygen atoms in total. The molecule has 1 aromatic rings. The monoisotopic (exact) mass is 205 g/mol. The minimum Gasteiger partial charge on any atom is -0.373 e. The van der Waals surface area contributed by atoms with Gasteiger partial charge >= 0.3 is 0 Å². The number of nitrogens with zero attached hydrogens (tertiary/aromatic N) is 1. The highest BCUT2D eigenvalue weighted by atomic mass is 16.1. The summed E-state index contributed by atoms with van der Waals surface area (Å²) in [4.78, 5) is 15.8. The zero-order chi connectivity index (χ0) is 10.8. The molecule has 2 atom stereocenters. The molecule has 1 fully saturated rings. The molecule has 2 unspecified atom stereocenters. The van der Waals surface area contributed by atoms with Crippen molar-refractivity contribution >= 4 is 11.7 Å². The van der Waals surface area contributed by atoms with Crippen LogP contribution in [0.4, 0.5) is 5.82 Å². The summed E-state index contributed by atoms with van der Waals surface area (Å²) >= 11 is 0. The lowest BCUT2D eigenvalue weighted by atomic mass is 10.2. The van der Waals surface area contributed by atoms with Gasteiger partial charge in [-0.05, 0) is 24.5 Å². The quantitative estimate of drug-likeness (QED) is 0.781. The first-order valence-electron chi connectivity index (χ1n) is 5.15. The van der Waals surface area contributed by atoms with Crippen LogP contribution in [-0.2, 0) is 0 Å². The van der Waals surface area contributed by atoms with Crippen LogP contribution in [0.1, 0.15) is 23.7 Å². The highest BCUT2D eigenvalue weighted by Crippen LogP contribution is 2.29. The number of hydrogen-bond donors (Lipinski definition) is 2. The molecule has 0 radical (unpaired) electrons. The molecule has 0 aromatic carbocycles. The van der Waals surface area contributed by atoms with Crippen molar-refractivity contribution in [2.75, 3.05) is 12.4 Å². The van der Waals surface area contributed by atoms with Gasteiger partial charge in [0.15, 0.2) is 0 Å². The van der Waals surface area contributed by atoms with E-state index >= 15 is 0 Å². The highest BCUT2D eigenvalue weighted by molar-refractivity contribution is 5.94. The van der Waals surface area contributed by atoms with Gasteiger partial charge in [0, 0.05) is 19.3 Å². The SMILES string of the molecule is CNc1ccc(C(=O)NC2CC2C)cn1. The van der Waals surface area contributed by atoms with Crippen LogP contribution in [0.5, 0.6) is 0 Å². The third-order valence-corrected chi connectivity index (χ3v) is 2.71. The molecule has 1 aliphatic carbocycles. The van der Waals surface area contributed by atoms with E-state index in [0.29, 0.717) is 17.5 Å². The number of nitrogens with one attached hydrogen (secondary N) is 2. The number of carbonyl (C=O) groups is 1. The molecular weight excluding hydrogens is 190 g/mol. The molecule has 2 N–H and O–H groups in total. The van der Waals surface area contributed by atoms with Gasteiger partial charge in [0.1, 0.15) is 5.82 Å². The number of hydrogen-bond acceptors (Lipinski definition) is 3. The van der Waals surface area contributed by atoms with Gasteiger partial charge in [-0.3, -0.25) is 4.79 Å². The summed E-state index contributed by atoms with van der Waals surface area (Å²) in [6, 6.07) is 3.94. The number of pyridine rings is 1. The van der Waals surface area contributed by atoms with E-state index in [1.165, 1.54) is 0 Å². The topological polar surface area (TPSA) is 54.0 Å². The fourth-order valence-corrected chi connectivity index (χ4v) is 1.45. The molecule has 0 saturated heterocycles. The average molecular weight is 205 g/mol. The Morgan fingerprint density at radius 1 is 1.53 bits per heavy atom. The summed E-state index contributed by atoms with van der Waals surface area (Å²) in [5.41, 5.74) is 0.619. The lowest BCUT2D eigenvalue weighted by Gasteiger charge is -2.04. The predicted octanol–water partition coefficient (Wildman–Crippen LogP) is 1.26. The molecule has 0 bridgehead atoms. The summed E-state index contributed by atoms with van der Waals surface area (Å²) in [7, 11) is 1.80. The van der Waals surface area contributed by atoms with Crippen molar-refractivity contribution in [1.82, 2.24) is 10.3 Å². The Balaban J connectivity index is 1.99. The Bertz CT molecular complexity index is 361. The molecule has 1 heterocycles. The van der Waals surface area contributed by atoms with Crippen LogP contribution in [0.25, 0.3) is 0 Å². The second kappa shape index (κ2) is 3.88. The van der Waals surface area contributed by atoms with E-state index < -0.39 is 0 Å². The molecule has 2 rings (SSSR count). The molecule has 4 heteroatoms. The summed E-state index contributed by atoms with van der Waals surface area (Å²) < 4.78 is 0. The first kappa shape index (κ1) is 9.96. The molecule has 80 valence electrons. The number of anilines is 1. The number of aromatic nitrogens is 1. The highest BCUT2D eigenvalue weighted by Gasteiger charge is 2.33. The molecular formula is C11H15N3O. The van der Waals surface area contributed by atoms with Crippen molar-refractivity contribution in [3.05, 3.63) is 23.9 Å². The Kier molecular flexibility index (Phi) is 2.58. The second-order valence-corrected chi connectivity index (χ2v) is 3.98. The predicted molar refractivity (Wildman–Crippen MR) is 58.8 cm³/mol. The minimum atomic E-state index is -0.0282. The Morgan fingerprint density at radius 2 is 2.27 bits per heavy atom. The van der Waals surface area contributed by atoms with Crippen molar-refractivity contribution in [3.63, 3.8) is 0 Å². The van der Waals surface area contributed by atoms with E-state index in [2.05, 4.69) is 22.5 Å². The maximum atomic E-state index is 11.7. The van der Waals surface area contributed by atoms with E-state index in [-0.39, 0.29) is 5.91 Å². The van der Waals surface area contributed by atoms with Crippen LogP contribution in [0.2, 0.25) is 0 Å². The first-order chi connectivity index (χ1) is 7.20. The van der Waals surface area contributed by atoms with E-state index in [4.69, 9.17) is 0 Å². The van der Waals surface area contributed by atoms with Gasteiger partial charge in [0.25, 0.3) is 5.91 Å². The van der Waals surface area contributed by atoms with Gasteiger partial charge in [0.05, 0.1) is 5.56 Å². The molecule has 1 aliphatic rings. The van der Waals surface area contributed by atoms with Crippen molar-refractivity contribution in [3.8, 4) is 0 Å². The maximum absolute atomic E-state index is 11.7. The van der Waals surface area contributed by atoms with Gasteiger partial charge in [0.2, 0.25) is 0 Å². The largest absolute Gasteiger partial charge is 0.373 e. The fourth-order valence-electron chi connectivity index (χ4n) is 1.45. The van der Waals surface area contributed by atoms with Crippen LogP contribution in [-0.4, -0.2) is 24.0 Å². The van der Waals surface area contributed by atoms with E-state index in [0.717, 1.165) is 12.2 Å². The molecule has 15 heavy (non-hydrogen) atoms. The van der Waals surface area contributed by atoms with Gasteiger partial charge < -0.3 is 10.6 Å². The van der Waals surface area contributed by atoms with Crippen LogP contribution in [0, 0.1) is 5.92 Å². The number of rotatable bonds is 3. The number of carbonyl (C=O) groups excluding carboxylic acids is 1. The van der Waals surface area contributed by atoms with Crippen LogP contribution < -0.4 is 10.6 Å². The zero-order valence-corrected chi connectivity index (χ0v) is 8.95. The van der Waals surface area contributed by atoms with Crippen molar-refractivity contribution < 1.29 is 4.79 Å². The standard InChI is InChI=1S/C11H15N3O/c1-7-5-9(7)14-11(15)8-3-4-10(12-2)13-6-8/h3-4,6-7,9H,5H2,1-2H3,(H,12,13)(H,14,15). The lowest BCUT2D eigenvalue weighted by molar-refractivity contribution is 0.0949. The molecule has 1 aromatic heterocycles. The van der Waals surface area contributed by atoms with Crippen LogP contribution in [0.3, 0.4) is 0 Å². The van der Waals surface area contributed by atoms with E-state index in [1.54, 1.807) is 25.4 Å².